The zero-order valence-electron chi connectivity index (χ0n) is 22.3. The van der Waals surface area contributed by atoms with Gasteiger partial charge in [-0.3, -0.25) is 9.59 Å². The van der Waals surface area contributed by atoms with E-state index in [1.54, 1.807) is 31.4 Å². The number of Topliss-reactive ketones (excluding diaryl/α,β-unsaturated/α-hetero) is 1. The lowest BCUT2D eigenvalue weighted by atomic mass is 9.81. The van der Waals surface area contributed by atoms with Gasteiger partial charge in [-0.1, -0.05) is 37.3 Å². The van der Waals surface area contributed by atoms with Gasteiger partial charge in [0, 0.05) is 37.2 Å². The molecule has 194 valence electrons. The maximum Gasteiger partial charge on any atom is 0.266 e. The van der Waals surface area contributed by atoms with E-state index in [-0.39, 0.29) is 36.4 Å². The fourth-order valence-electron chi connectivity index (χ4n) is 6.57. The Kier molecular flexibility index (Phi) is 5.74. The Morgan fingerprint density at radius 2 is 1.74 bits per heavy atom. The summed E-state index contributed by atoms with van der Waals surface area (Å²) < 4.78 is 9.29. The van der Waals surface area contributed by atoms with E-state index in [9.17, 15) is 9.59 Å². The topological polar surface area (TPSA) is 58.7 Å². The number of rotatable bonds is 6. The molecule has 1 amide bonds. The molecule has 2 aliphatic rings. The van der Waals surface area contributed by atoms with Crippen LogP contribution in [0.2, 0.25) is 0 Å². The molecule has 3 heterocycles. The molecule has 1 aromatic heterocycles. The van der Waals surface area contributed by atoms with E-state index in [4.69, 9.17) is 4.74 Å². The number of carbonyl (C=O) groups excluding carboxylic acids is 2. The first-order valence-electron chi connectivity index (χ1n) is 13.1. The number of likely N-dealkylation sites (tertiary alicyclic amines) is 1. The average Bonchev–Trinajstić information content (AvgIpc) is 3.51. The number of aromatic nitrogens is 2. The number of benzene rings is 3. The van der Waals surface area contributed by atoms with Crippen LogP contribution in [0, 0.1) is 6.92 Å². The molecule has 38 heavy (non-hydrogen) atoms. The first kappa shape index (κ1) is 24.2. The quantitative estimate of drug-likeness (QED) is 0.290. The maximum absolute atomic E-state index is 13.9. The van der Waals surface area contributed by atoms with Crippen molar-refractivity contribution >= 4 is 28.4 Å². The molecule has 7 nitrogen and oxygen atoms in total. The Morgan fingerprint density at radius 1 is 1.03 bits per heavy atom. The number of hydrogen-bond donors (Lipinski definition) is 0. The minimum absolute atomic E-state index is 0.00157. The smallest absolute Gasteiger partial charge is 0.266 e. The number of hydrogen-bond acceptors (Lipinski definition) is 4. The van der Waals surface area contributed by atoms with Crippen LogP contribution in [-0.4, -0.2) is 48.0 Å². The van der Waals surface area contributed by atoms with Crippen LogP contribution in [0.25, 0.3) is 11.0 Å². The molecule has 0 aliphatic carbocycles. The molecule has 1 fully saturated rings. The number of anilines is 1. The number of ketones is 1. The summed E-state index contributed by atoms with van der Waals surface area (Å²) in [5.41, 5.74) is 4.96. The molecule has 3 aromatic carbocycles. The Bertz CT molecular complexity index is 1560. The predicted octanol–water partition coefficient (Wildman–Crippen LogP) is 4.09. The summed E-state index contributed by atoms with van der Waals surface area (Å²) in [4.78, 5) is 31.4. The van der Waals surface area contributed by atoms with E-state index in [1.165, 1.54) is 11.3 Å². The first-order valence-corrected chi connectivity index (χ1v) is 13.1. The van der Waals surface area contributed by atoms with Crippen molar-refractivity contribution in [3.05, 3.63) is 89.7 Å². The van der Waals surface area contributed by atoms with Gasteiger partial charge in [-0.05, 0) is 54.4 Å². The number of imidazole rings is 1. The van der Waals surface area contributed by atoms with Gasteiger partial charge in [-0.15, -0.1) is 0 Å². The Labute approximate surface area is 222 Å². The molecule has 2 atom stereocenters. The highest BCUT2D eigenvalue weighted by atomic mass is 16.5. The number of para-hydroxylation sites is 3. The number of nitrogens with zero attached hydrogens (tertiary/aromatic N) is 4. The average molecular weight is 510 g/mol. The van der Waals surface area contributed by atoms with Gasteiger partial charge in [0.2, 0.25) is 5.78 Å². The minimum Gasteiger partial charge on any atom is -0.497 e. The molecule has 0 saturated carbocycles. The molecule has 4 aromatic rings. The number of amides is 1. The van der Waals surface area contributed by atoms with E-state index >= 15 is 0 Å². The monoisotopic (exact) mass is 509 g/mol. The zero-order chi connectivity index (χ0) is 26.6. The predicted molar refractivity (Wildman–Crippen MR) is 147 cm³/mol. The van der Waals surface area contributed by atoms with Crippen molar-refractivity contribution in [1.82, 2.24) is 9.47 Å². The summed E-state index contributed by atoms with van der Waals surface area (Å²) >= 11 is 0. The lowest BCUT2D eigenvalue weighted by Gasteiger charge is -2.34. The van der Waals surface area contributed by atoms with Crippen molar-refractivity contribution < 1.29 is 18.9 Å². The number of ether oxygens (including phenoxy) is 1. The molecule has 2 aliphatic heterocycles. The van der Waals surface area contributed by atoms with Crippen LogP contribution in [-0.2, 0) is 23.3 Å². The van der Waals surface area contributed by atoms with E-state index in [2.05, 4.69) is 47.7 Å². The van der Waals surface area contributed by atoms with Gasteiger partial charge in [-0.2, -0.15) is 0 Å². The number of methoxy groups -OCH3 is 1. The molecule has 1 saturated heterocycles. The summed E-state index contributed by atoms with van der Waals surface area (Å²) in [6.45, 7) is 5.42. The van der Waals surface area contributed by atoms with Gasteiger partial charge in [0.25, 0.3) is 11.7 Å². The summed E-state index contributed by atoms with van der Waals surface area (Å²) in [5, 5.41) is 0. The van der Waals surface area contributed by atoms with Gasteiger partial charge >= 0.3 is 0 Å². The fourth-order valence-corrected chi connectivity index (χ4v) is 6.57. The third-order valence-electron chi connectivity index (χ3n) is 8.58. The summed E-state index contributed by atoms with van der Waals surface area (Å²) in [6, 6.07) is 23.7. The molecule has 0 spiro atoms. The van der Waals surface area contributed by atoms with Gasteiger partial charge in [0.05, 0.1) is 7.11 Å². The van der Waals surface area contributed by atoms with Crippen LogP contribution in [0.1, 0.15) is 35.1 Å². The highest BCUT2D eigenvalue weighted by Crippen LogP contribution is 2.51. The van der Waals surface area contributed by atoms with Crippen molar-refractivity contribution in [3.8, 4) is 5.75 Å². The second-order valence-corrected chi connectivity index (χ2v) is 10.6. The lowest BCUT2D eigenvalue weighted by molar-refractivity contribution is -0.664. The summed E-state index contributed by atoms with van der Waals surface area (Å²) in [5.74, 6) is 1.70. The van der Waals surface area contributed by atoms with Crippen molar-refractivity contribution in [1.29, 1.82) is 0 Å². The maximum atomic E-state index is 13.9. The number of carbonyl (C=O) groups is 2. The van der Waals surface area contributed by atoms with E-state index in [0.717, 1.165) is 35.6 Å². The van der Waals surface area contributed by atoms with Crippen LogP contribution < -0.4 is 14.2 Å². The van der Waals surface area contributed by atoms with Crippen LogP contribution in [0.3, 0.4) is 0 Å². The van der Waals surface area contributed by atoms with Crippen molar-refractivity contribution in [2.24, 2.45) is 0 Å². The second kappa shape index (κ2) is 9.01. The third kappa shape index (κ3) is 3.60. The van der Waals surface area contributed by atoms with Gasteiger partial charge in [0.1, 0.15) is 11.9 Å². The molecule has 7 heteroatoms. The van der Waals surface area contributed by atoms with Gasteiger partial charge in [0.15, 0.2) is 24.1 Å². The van der Waals surface area contributed by atoms with Gasteiger partial charge < -0.3 is 14.5 Å². The molecule has 6 rings (SSSR count). The van der Waals surface area contributed by atoms with Crippen LogP contribution in [0.15, 0.2) is 72.8 Å². The van der Waals surface area contributed by atoms with Crippen molar-refractivity contribution in [2.75, 3.05) is 25.6 Å². The summed E-state index contributed by atoms with van der Waals surface area (Å²) in [7, 11) is 3.70. The van der Waals surface area contributed by atoms with E-state index < -0.39 is 0 Å². The minimum atomic E-state index is -0.0838. The van der Waals surface area contributed by atoms with Crippen molar-refractivity contribution in [3.63, 3.8) is 0 Å². The number of fused-ring (bicyclic) bond motifs is 4. The standard InChI is InChI=1S/C31H33N4O3/c1-21-34(19-28(36)22-13-15-23(38-4)16-14-22)26-11-7-8-12-27(26)35(21)20-29(37)33-18-17-31(2)24-9-5-6-10-25(24)32(3)30(31)33/h5-16,30H,17-20H2,1-4H3/q+1. The molecule has 0 N–H and O–H groups in total. The van der Waals surface area contributed by atoms with Crippen LogP contribution >= 0.6 is 0 Å². The Balaban J connectivity index is 1.29. The van der Waals surface area contributed by atoms with E-state index in [1.807, 2.05) is 40.7 Å². The SMILES string of the molecule is COc1ccc(C(=O)C[n+]2c(C)n(CC(=O)N3CCC4(C)c5ccccc5N(C)C34)c3ccccc32)cc1. The van der Waals surface area contributed by atoms with Crippen LogP contribution in [0.4, 0.5) is 5.69 Å². The molecular weight excluding hydrogens is 476 g/mol. The molecular formula is C31H33N4O3+. The zero-order valence-corrected chi connectivity index (χ0v) is 22.3. The van der Waals surface area contributed by atoms with Gasteiger partial charge in [-0.25, -0.2) is 9.13 Å². The molecule has 0 radical (unpaired) electrons. The lowest BCUT2D eigenvalue weighted by Crippen LogP contribution is -2.50. The molecule has 2 unspecified atom stereocenters. The number of likely N-dealkylation sites (N-methyl/N-ethyl adjacent to an activating group) is 1. The van der Waals surface area contributed by atoms with E-state index in [0.29, 0.717) is 5.56 Å². The fraction of sp³-hybridized carbons (Fsp3) is 0.323. The highest BCUT2D eigenvalue weighted by Gasteiger charge is 2.54. The summed E-state index contributed by atoms with van der Waals surface area (Å²) in [6.07, 6.45) is 0.935. The third-order valence-corrected chi connectivity index (χ3v) is 8.58. The first-order chi connectivity index (χ1) is 18.3. The highest BCUT2D eigenvalue weighted by molar-refractivity contribution is 5.95. The normalized spacial score (nSPS) is 20.1. The molecule has 0 bridgehead atoms. The second-order valence-electron chi connectivity index (χ2n) is 10.6. The van der Waals surface area contributed by atoms with Crippen molar-refractivity contribution in [2.45, 2.75) is 44.9 Å². The Hall–Kier alpha value is -4.13. The Morgan fingerprint density at radius 3 is 2.50 bits per heavy atom. The largest absolute Gasteiger partial charge is 0.497 e. The van der Waals surface area contributed by atoms with Crippen LogP contribution in [0.5, 0.6) is 5.75 Å².